The van der Waals surface area contributed by atoms with E-state index in [4.69, 9.17) is 9.47 Å². The number of carbonyl (C=O) groups excluding carboxylic acids is 2. The zero-order chi connectivity index (χ0) is 17.4. The number of aromatic nitrogens is 2. The summed E-state index contributed by atoms with van der Waals surface area (Å²) in [6.07, 6.45) is 5.33. The first-order valence-electron chi connectivity index (χ1n) is 8.68. The molecule has 1 aromatic heterocycles. The Morgan fingerprint density at radius 1 is 1.32 bits per heavy atom. The van der Waals surface area contributed by atoms with Gasteiger partial charge in [0, 0.05) is 45.1 Å². The van der Waals surface area contributed by atoms with Crippen LogP contribution >= 0.6 is 0 Å². The van der Waals surface area contributed by atoms with Crippen molar-refractivity contribution in [1.29, 1.82) is 0 Å². The van der Waals surface area contributed by atoms with Crippen LogP contribution in [-0.2, 0) is 14.3 Å². The Morgan fingerprint density at radius 3 is 2.76 bits per heavy atom. The largest absolute Gasteiger partial charge is 0.383 e. The van der Waals surface area contributed by atoms with Crippen LogP contribution in [0.2, 0.25) is 0 Å². The highest BCUT2D eigenvalue weighted by molar-refractivity contribution is 5.94. The van der Waals surface area contributed by atoms with Gasteiger partial charge in [0.05, 0.1) is 24.3 Å². The van der Waals surface area contributed by atoms with E-state index in [1.165, 1.54) is 0 Å². The van der Waals surface area contributed by atoms with E-state index in [-0.39, 0.29) is 30.6 Å². The number of morpholine rings is 1. The molecule has 8 nitrogen and oxygen atoms in total. The molecule has 0 unspecified atom stereocenters. The van der Waals surface area contributed by atoms with E-state index in [9.17, 15) is 9.59 Å². The Bertz CT molecular complexity index is 661. The lowest BCUT2D eigenvalue weighted by Gasteiger charge is -2.36. The molecule has 2 amide bonds. The highest BCUT2D eigenvalue weighted by atomic mass is 16.5. The lowest BCUT2D eigenvalue weighted by molar-refractivity contribution is -0.153. The lowest BCUT2D eigenvalue weighted by atomic mass is 10.1. The van der Waals surface area contributed by atoms with E-state index in [2.05, 4.69) is 9.97 Å². The summed E-state index contributed by atoms with van der Waals surface area (Å²) in [6.45, 7) is 1.99. The van der Waals surface area contributed by atoms with Crippen LogP contribution in [0, 0.1) is 0 Å². The van der Waals surface area contributed by atoms with Crippen molar-refractivity contribution in [2.45, 2.75) is 30.9 Å². The molecule has 0 radical (unpaired) electrons. The minimum Gasteiger partial charge on any atom is -0.383 e. The summed E-state index contributed by atoms with van der Waals surface area (Å²) in [5.41, 5.74) is 0.484. The van der Waals surface area contributed by atoms with Gasteiger partial charge in [0.1, 0.15) is 12.4 Å². The summed E-state index contributed by atoms with van der Waals surface area (Å²) >= 11 is 0. The normalized spacial score (nSPS) is 26.0. The molecule has 1 aliphatic carbocycles. The van der Waals surface area contributed by atoms with Crippen LogP contribution in [0.1, 0.15) is 34.9 Å². The molecule has 2 atom stereocenters. The molecule has 0 bridgehead atoms. The first-order chi connectivity index (χ1) is 12.2. The molecule has 3 fully saturated rings. The Morgan fingerprint density at radius 2 is 2.08 bits per heavy atom. The number of likely N-dealkylation sites (tertiary alicyclic amines) is 1. The Hall–Kier alpha value is -2.06. The zero-order valence-electron chi connectivity index (χ0n) is 14.3. The fourth-order valence-electron chi connectivity index (χ4n) is 3.50. The molecule has 0 spiro atoms. The average Bonchev–Trinajstić information content (AvgIpc) is 3.39. The minimum atomic E-state index is -0.148. The maximum Gasteiger partial charge on any atom is 0.257 e. The standard InChI is InChI=1S/C17H22N4O4/c1-24-5-4-21-13-8-20(9-14(13)25-10-15(21)22)17(23)12-6-18-16(19-7-12)11-2-3-11/h6-7,11,13-14H,2-5,8-10H2,1H3/t13-,14-/m0/s1. The third-order valence-corrected chi connectivity index (χ3v) is 5.06. The fraction of sp³-hybridized carbons (Fsp3) is 0.647. The maximum absolute atomic E-state index is 12.8. The van der Waals surface area contributed by atoms with Crippen molar-refractivity contribution in [2.75, 3.05) is 40.0 Å². The predicted molar refractivity (Wildman–Crippen MR) is 87.0 cm³/mol. The summed E-state index contributed by atoms with van der Waals surface area (Å²) in [7, 11) is 1.61. The van der Waals surface area contributed by atoms with Crippen molar-refractivity contribution in [3.05, 3.63) is 23.8 Å². The molecule has 2 aliphatic heterocycles. The predicted octanol–water partition coefficient (Wildman–Crippen LogP) is 0.0522. The number of fused-ring (bicyclic) bond motifs is 1. The van der Waals surface area contributed by atoms with E-state index in [0.29, 0.717) is 37.7 Å². The van der Waals surface area contributed by atoms with Gasteiger partial charge in [-0.1, -0.05) is 0 Å². The van der Waals surface area contributed by atoms with E-state index in [1.807, 2.05) is 0 Å². The summed E-state index contributed by atoms with van der Waals surface area (Å²) in [4.78, 5) is 37.0. The first-order valence-corrected chi connectivity index (χ1v) is 8.68. The Labute approximate surface area is 146 Å². The van der Waals surface area contributed by atoms with Crippen molar-refractivity contribution in [2.24, 2.45) is 0 Å². The molecule has 3 heterocycles. The van der Waals surface area contributed by atoms with E-state index < -0.39 is 0 Å². The molecule has 4 rings (SSSR count). The second-order valence-electron chi connectivity index (χ2n) is 6.81. The van der Waals surface area contributed by atoms with Gasteiger partial charge in [-0.15, -0.1) is 0 Å². The molecule has 0 aromatic carbocycles. The topological polar surface area (TPSA) is 84.9 Å². The van der Waals surface area contributed by atoms with E-state index >= 15 is 0 Å². The number of methoxy groups -OCH3 is 1. The summed E-state index contributed by atoms with van der Waals surface area (Å²) in [6, 6.07) is -0.119. The van der Waals surface area contributed by atoms with Crippen molar-refractivity contribution in [3.63, 3.8) is 0 Å². The summed E-state index contributed by atoms with van der Waals surface area (Å²) < 4.78 is 10.7. The molecule has 3 aliphatic rings. The number of carbonyl (C=O) groups is 2. The van der Waals surface area contributed by atoms with Crippen molar-refractivity contribution >= 4 is 11.8 Å². The molecule has 0 N–H and O–H groups in total. The van der Waals surface area contributed by atoms with Crippen LogP contribution < -0.4 is 0 Å². The third kappa shape index (κ3) is 3.23. The van der Waals surface area contributed by atoms with Gasteiger partial charge in [0.15, 0.2) is 0 Å². The Balaban J connectivity index is 1.44. The van der Waals surface area contributed by atoms with Gasteiger partial charge in [-0.3, -0.25) is 9.59 Å². The Kier molecular flexibility index (Phi) is 4.39. The van der Waals surface area contributed by atoms with Crippen LogP contribution in [-0.4, -0.2) is 83.7 Å². The van der Waals surface area contributed by atoms with Crippen molar-refractivity contribution in [1.82, 2.24) is 19.8 Å². The zero-order valence-corrected chi connectivity index (χ0v) is 14.3. The van der Waals surface area contributed by atoms with Crippen LogP contribution in [0.4, 0.5) is 0 Å². The number of hydrogen-bond donors (Lipinski definition) is 0. The van der Waals surface area contributed by atoms with Gasteiger partial charge in [0.2, 0.25) is 5.91 Å². The van der Waals surface area contributed by atoms with Gasteiger partial charge in [-0.2, -0.15) is 0 Å². The number of hydrogen-bond acceptors (Lipinski definition) is 6. The molecule has 1 saturated carbocycles. The highest BCUT2D eigenvalue weighted by Crippen LogP contribution is 2.37. The number of amides is 2. The van der Waals surface area contributed by atoms with Crippen LogP contribution in [0.15, 0.2) is 12.4 Å². The van der Waals surface area contributed by atoms with Crippen LogP contribution in [0.25, 0.3) is 0 Å². The SMILES string of the molecule is COCCN1C(=O)CO[C@H]2CN(C(=O)c3cnc(C4CC4)nc3)C[C@@H]21. The number of rotatable bonds is 5. The van der Waals surface area contributed by atoms with E-state index in [1.54, 1.807) is 29.3 Å². The molecule has 2 saturated heterocycles. The van der Waals surface area contributed by atoms with E-state index in [0.717, 1.165) is 18.7 Å². The average molecular weight is 346 g/mol. The molecular formula is C17H22N4O4. The van der Waals surface area contributed by atoms with Gasteiger partial charge in [0.25, 0.3) is 5.91 Å². The van der Waals surface area contributed by atoms with Crippen LogP contribution in [0.5, 0.6) is 0 Å². The molecule has 134 valence electrons. The smallest absolute Gasteiger partial charge is 0.257 e. The fourth-order valence-corrected chi connectivity index (χ4v) is 3.50. The number of nitrogens with zero attached hydrogens (tertiary/aromatic N) is 4. The third-order valence-electron chi connectivity index (χ3n) is 5.06. The lowest BCUT2D eigenvalue weighted by Crippen LogP contribution is -2.54. The van der Waals surface area contributed by atoms with Crippen LogP contribution in [0.3, 0.4) is 0 Å². The quantitative estimate of drug-likeness (QED) is 0.749. The van der Waals surface area contributed by atoms with Crippen molar-refractivity contribution < 1.29 is 19.1 Å². The molecule has 1 aromatic rings. The second-order valence-corrected chi connectivity index (χ2v) is 6.81. The summed E-state index contributed by atoms with van der Waals surface area (Å²) in [5, 5.41) is 0. The molecule has 25 heavy (non-hydrogen) atoms. The number of ether oxygens (including phenoxy) is 2. The van der Waals surface area contributed by atoms with Gasteiger partial charge >= 0.3 is 0 Å². The highest BCUT2D eigenvalue weighted by Gasteiger charge is 2.44. The molecular weight excluding hydrogens is 324 g/mol. The summed E-state index contributed by atoms with van der Waals surface area (Å²) in [5.74, 6) is 1.13. The van der Waals surface area contributed by atoms with Gasteiger partial charge in [-0.25, -0.2) is 9.97 Å². The van der Waals surface area contributed by atoms with Gasteiger partial charge in [-0.05, 0) is 12.8 Å². The monoisotopic (exact) mass is 346 g/mol. The minimum absolute atomic E-state index is 0.0512. The second kappa shape index (κ2) is 6.68. The van der Waals surface area contributed by atoms with Gasteiger partial charge < -0.3 is 19.3 Å². The maximum atomic E-state index is 12.8. The van der Waals surface area contributed by atoms with Crippen molar-refractivity contribution in [3.8, 4) is 0 Å². The molecule has 8 heteroatoms. The first kappa shape index (κ1) is 16.4.